The van der Waals surface area contributed by atoms with Crippen LogP contribution in [0.1, 0.15) is 29.4 Å². The smallest absolute Gasteiger partial charge is 0.289 e. The van der Waals surface area contributed by atoms with Gasteiger partial charge in [-0.3, -0.25) is 14.6 Å². The number of anilines is 1. The van der Waals surface area contributed by atoms with Crippen molar-refractivity contribution in [1.29, 1.82) is 0 Å². The first-order chi connectivity index (χ1) is 11.5. The highest BCUT2D eigenvalue weighted by Crippen LogP contribution is 2.19. The molecule has 0 atom stereocenters. The van der Waals surface area contributed by atoms with Gasteiger partial charge in [0, 0.05) is 22.6 Å². The zero-order valence-electron chi connectivity index (χ0n) is 13.3. The van der Waals surface area contributed by atoms with Crippen LogP contribution >= 0.6 is 11.6 Å². The molecular formula is C17H17ClN4O2. The summed E-state index contributed by atoms with van der Waals surface area (Å²) in [5, 5.41) is 7.31. The highest BCUT2D eigenvalue weighted by Gasteiger charge is 2.08. The molecule has 0 saturated heterocycles. The number of hydrogen-bond acceptors (Lipinski definition) is 4. The molecular weight excluding hydrogens is 328 g/mol. The van der Waals surface area contributed by atoms with Gasteiger partial charge in [-0.05, 0) is 49.7 Å². The van der Waals surface area contributed by atoms with Gasteiger partial charge in [0.2, 0.25) is 5.91 Å². The van der Waals surface area contributed by atoms with Gasteiger partial charge < -0.3 is 5.32 Å². The Kier molecular flexibility index (Phi) is 6.03. The van der Waals surface area contributed by atoms with Crippen LogP contribution in [0.3, 0.4) is 0 Å². The predicted molar refractivity (Wildman–Crippen MR) is 94.2 cm³/mol. The summed E-state index contributed by atoms with van der Waals surface area (Å²) in [6.07, 6.45) is 1.58. The van der Waals surface area contributed by atoms with Crippen molar-refractivity contribution in [2.45, 2.75) is 20.3 Å². The number of aryl methyl sites for hydroxylation is 1. The summed E-state index contributed by atoms with van der Waals surface area (Å²) < 4.78 is 0. The fourth-order valence-corrected chi connectivity index (χ4v) is 2.16. The van der Waals surface area contributed by atoms with Gasteiger partial charge >= 0.3 is 0 Å². The minimum atomic E-state index is -0.427. The van der Waals surface area contributed by atoms with Crippen molar-refractivity contribution in [2.24, 2.45) is 5.10 Å². The SMILES string of the molecule is C/C(CC(=O)Nc1ccc(Cl)cc1C)=N/NC(=O)c1ccccn1. The molecule has 2 aromatic rings. The number of nitrogens with zero attached hydrogens (tertiary/aromatic N) is 2. The molecule has 0 aliphatic heterocycles. The highest BCUT2D eigenvalue weighted by molar-refractivity contribution is 6.30. The lowest BCUT2D eigenvalue weighted by Crippen LogP contribution is -2.22. The minimum absolute atomic E-state index is 0.0601. The molecule has 0 saturated carbocycles. The van der Waals surface area contributed by atoms with Gasteiger partial charge in [0.15, 0.2) is 0 Å². The van der Waals surface area contributed by atoms with Gasteiger partial charge in [-0.25, -0.2) is 5.43 Å². The number of carbonyl (C=O) groups excluding carboxylic acids is 2. The van der Waals surface area contributed by atoms with Gasteiger partial charge in [0.05, 0.1) is 6.42 Å². The quantitative estimate of drug-likeness (QED) is 0.645. The molecule has 1 aromatic heterocycles. The van der Waals surface area contributed by atoms with Crippen LogP contribution in [0.25, 0.3) is 0 Å². The highest BCUT2D eigenvalue weighted by atomic mass is 35.5. The van der Waals surface area contributed by atoms with Gasteiger partial charge in [0.1, 0.15) is 5.69 Å². The fraction of sp³-hybridized carbons (Fsp3) is 0.176. The van der Waals surface area contributed by atoms with Crippen LogP contribution in [-0.4, -0.2) is 22.5 Å². The Morgan fingerprint density at radius 3 is 2.71 bits per heavy atom. The first-order valence-electron chi connectivity index (χ1n) is 7.26. The Labute approximate surface area is 144 Å². The van der Waals surface area contributed by atoms with Crippen molar-refractivity contribution in [3.05, 3.63) is 58.9 Å². The topological polar surface area (TPSA) is 83.5 Å². The number of aromatic nitrogens is 1. The average Bonchev–Trinajstić information content (AvgIpc) is 2.56. The second-order valence-electron chi connectivity index (χ2n) is 5.19. The molecule has 2 amide bonds. The van der Waals surface area contributed by atoms with Crippen LogP contribution in [0.4, 0.5) is 5.69 Å². The van der Waals surface area contributed by atoms with Gasteiger partial charge in [-0.15, -0.1) is 0 Å². The summed E-state index contributed by atoms with van der Waals surface area (Å²) in [4.78, 5) is 27.8. The lowest BCUT2D eigenvalue weighted by Gasteiger charge is -2.08. The summed E-state index contributed by atoms with van der Waals surface area (Å²) in [5.41, 5.74) is 4.67. The number of amides is 2. The van der Waals surface area contributed by atoms with Crippen LogP contribution in [-0.2, 0) is 4.79 Å². The van der Waals surface area contributed by atoms with E-state index in [9.17, 15) is 9.59 Å². The molecule has 2 N–H and O–H groups in total. The van der Waals surface area contributed by atoms with E-state index in [-0.39, 0.29) is 18.0 Å². The Balaban J connectivity index is 1.90. The Morgan fingerprint density at radius 1 is 1.25 bits per heavy atom. The molecule has 0 bridgehead atoms. The predicted octanol–water partition coefficient (Wildman–Crippen LogP) is 3.18. The number of rotatable bonds is 5. The average molecular weight is 345 g/mol. The van der Waals surface area contributed by atoms with Crippen molar-refractivity contribution in [3.8, 4) is 0 Å². The van der Waals surface area contributed by atoms with Gasteiger partial charge in [-0.2, -0.15) is 5.10 Å². The van der Waals surface area contributed by atoms with E-state index < -0.39 is 5.91 Å². The number of nitrogens with one attached hydrogen (secondary N) is 2. The van der Waals surface area contributed by atoms with E-state index in [1.807, 2.05) is 6.92 Å². The molecule has 0 aliphatic carbocycles. The largest absolute Gasteiger partial charge is 0.326 e. The zero-order chi connectivity index (χ0) is 17.5. The standard InChI is InChI=1S/C17H17ClN4O2/c1-11-9-13(18)6-7-14(11)20-16(23)10-12(2)21-22-17(24)15-5-3-4-8-19-15/h3-9H,10H2,1-2H3,(H,20,23)(H,22,24)/b21-12-. The molecule has 1 aromatic carbocycles. The normalized spacial score (nSPS) is 11.0. The summed E-state index contributed by atoms with van der Waals surface area (Å²) in [7, 11) is 0. The Bertz CT molecular complexity index is 775. The molecule has 6 nitrogen and oxygen atoms in total. The molecule has 7 heteroatoms. The van der Waals surface area contributed by atoms with E-state index >= 15 is 0 Å². The second-order valence-corrected chi connectivity index (χ2v) is 5.62. The molecule has 124 valence electrons. The van der Waals surface area contributed by atoms with Crippen LogP contribution in [0, 0.1) is 6.92 Å². The van der Waals surface area contributed by atoms with Crippen molar-refractivity contribution < 1.29 is 9.59 Å². The van der Waals surface area contributed by atoms with Crippen LogP contribution in [0.2, 0.25) is 5.02 Å². The molecule has 1 heterocycles. The summed E-state index contributed by atoms with van der Waals surface area (Å²) in [6.45, 7) is 3.52. The van der Waals surface area contributed by atoms with E-state index in [1.54, 1.807) is 43.3 Å². The molecule has 0 radical (unpaired) electrons. The third-order valence-corrected chi connectivity index (χ3v) is 3.36. The summed E-state index contributed by atoms with van der Waals surface area (Å²) in [6, 6.07) is 10.2. The maximum atomic E-state index is 12.0. The minimum Gasteiger partial charge on any atom is -0.326 e. The third-order valence-electron chi connectivity index (χ3n) is 3.12. The van der Waals surface area contributed by atoms with E-state index in [2.05, 4.69) is 20.8 Å². The number of carbonyl (C=O) groups is 2. The number of pyridine rings is 1. The van der Waals surface area contributed by atoms with E-state index in [4.69, 9.17) is 11.6 Å². The first kappa shape index (κ1) is 17.6. The van der Waals surface area contributed by atoms with Crippen molar-refractivity contribution >= 4 is 34.8 Å². The molecule has 0 spiro atoms. The monoisotopic (exact) mass is 344 g/mol. The number of hydrogen-bond donors (Lipinski definition) is 2. The summed E-state index contributed by atoms with van der Waals surface area (Å²) in [5.74, 6) is -0.655. The van der Waals surface area contributed by atoms with E-state index in [0.717, 1.165) is 5.56 Å². The molecule has 0 aliphatic rings. The number of hydrazone groups is 1. The molecule has 0 unspecified atom stereocenters. The van der Waals surface area contributed by atoms with Crippen LogP contribution in [0.5, 0.6) is 0 Å². The van der Waals surface area contributed by atoms with Gasteiger partial charge in [-0.1, -0.05) is 17.7 Å². The van der Waals surface area contributed by atoms with E-state index in [1.165, 1.54) is 6.20 Å². The van der Waals surface area contributed by atoms with Crippen LogP contribution < -0.4 is 10.7 Å². The Morgan fingerprint density at radius 2 is 2.04 bits per heavy atom. The molecule has 24 heavy (non-hydrogen) atoms. The fourth-order valence-electron chi connectivity index (χ4n) is 1.93. The lowest BCUT2D eigenvalue weighted by atomic mass is 10.2. The second kappa shape index (κ2) is 8.21. The van der Waals surface area contributed by atoms with Crippen molar-refractivity contribution in [3.63, 3.8) is 0 Å². The number of halogens is 1. The first-order valence-corrected chi connectivity index (χ1v) is 7.64. The lowest BCUT2D eigenvalue weighted by molar-refractivity contribution is -0.115. The van der Waals surface area contributed by atoms with Crippen molar-refractivity contribution in [2.75, 3.05) is 5.32 Å². The van der Waals surface area contributed by atoms with Crippen molar-refractivity contribution in [1.82, 2.24) is 10.4 Å². The Hall–Kier alpha value is -2.73. The maximum absolute atomic E-state index is 12.0. The van der Waals surface area contributed by atoms with E-state index in [0.29, 0.717) is 16.4 Å². The molecule has 0 fully saturated rings. The van der Waals surface area contributed by atoms with Crippen LogP contribution in [0.15, 0.2) is 47.7 Å². The third kappa shape index (κ3) is 5.17. The number of benzene rings is 1. The maximum Gasteiger partial charge on any atom is 0.289 e. The molecule has 2 rings (SSSR count). The summed E-state index contributed by atoms with van der Waals surface area (Å²) >= 11 is 5.88. The zero-order valence-corrected chi connectivity index (χ0v) is 14.1. The van der Waals surface area contributed by atoms with Gasteiger partial charge in [0.25, 0.3) is 5.91 Å².